The molecule has 1 aromatic heterocycles. The van der Waals surface area contributed by atoms with Gasteiger partial charge in [-0.25, -0.2) is 4.39 Å². The van der Waals surface area contributed by atoms with E-state index in [1.54, 1.807) is 4.68 Å². The van der Waals surface area contributed by atoms with Gasteiger partial charge in [0.25, 0.3) is 5.91 Å². The molecule has 2 rings (SSSR count). The molecule has 5 nitrogen and oxygen atoms in total. The zero-order valence-corrected chi connectivity index (χ0v) is 11.5. The van der Waals surface area contributed by atoms with Crippen LogP contribution in [0, 0.1) is 5.82 Å². The molecule has 0 fully saturated rings. The van der Waals surface area contributed by atoms with Crippen LogP contribution in [0.2, 0.25) is 0 Å². The van der Waals surface area contributed by atoms with Crippen LogP contribution in [0.3, 0.4) is 0 Å². The van der Waals surface area contributed by atoms with Crippen LogP contribution in [-0.2, 0) is 20.0 Å². The zero-order valence-electron chi connectivity index (χ0n) is 11.5. The van der Waals surface area contributed by atoms with Crippen LogP contribution in [0.25, 0.3) is 0 Å². The van der Waals surface area contributed by atoms with E-state index in [0.29, 0.717) is 12.2 Å². The normalized spacial score (nSPS) is 10.6. The van der Waals surface area contributed by atoms with Crippen LogP contribution >= 0.6 is 0 Å². The molecule has 0 aliphatic heterocycles. The molecule has 1 amide bonds. The Morgan fingerprint density at radius 2 is 2.25 bits per heavy atom. The maximum atomic E-state index is 13.6. The van der Waals surface area contributed by atoms with Gasteiger partial charge in [-0.3, -0.25) is 9.48 Å². The van der Waals surface area contributed by atoms with Crippen molar-refractivity contribution in [2.45, 2.75) is 19.9 Å². The largest absolute Gasteiger partial charge is 0.399 e. The summed E-state index contributed by atoms with van der Waals surface area (Å²) in [7, 11) is 1.82. The van der Waals surface area contributed by atoms with Crippen molar-refractivity contribution >= 4 is 11.6 Å². The average Bonchev–Trinajstić information content (AvgIpc) is 2.79. The molecule has 6 heteroatoms. The Kier molecular flexibility index (Phi) is 4.02. The number of hydrogen-bond acceptors (Lipinski definition) is 3. The molecule has 0 aliphatic rings. The molecule has 0 spiro atoms. The van der Waals surface area contributed by atoms with Crippen molar-refractivity contribution < 1.29 is 9.18 Å². The fourth-order valence-electron chi connectivity index (χ4n) is 2.02. The van der Waals surface area contributed by atoms with Gasteiger partial charge in [-0.1, -0.05) is 6.92 Å². The molecule has 0 saturated carbocycles. The quantitative estimate of drug-likeness (QED) is 0.834. The van der Waals surface area contributed by atoms with Gasteiger partial charge in [-0.15, -0.1) is 0 Å². The smallest absolute Gasteiger partial charge is 0.254 e. The number of nitrogens with zero attached hydrogens (tertiary/aromatic N) is 2. The lowest BCUT2D eigenvalue weighted by Crippen LogP contribution is -2.24. The van der Waals surface area contributed by atoms with Gasteiger partial charge in [0.2, 0.25) is 0 Å². The summed E-state index contributed by atoms with van der Waals surface area (Å²) in [5.74, 6) is -1.07. The van der Waals surface area contributed by atoms with Gasteiger partial charge in [0.15, 0.2) is 0 Å². The molecule has 1 heterocycles. The molecular formula is C14H17FN4O. The van der Waals surface area contributed by atoms with Crippen molar-refractivity contribution in [3.8, 4) is 0 Å². The topological polar surface area (TPSA) is 72.9 Å². The van der Waals surface area contributed by atoms with Crippen LogP contribution in [0.5, 0.6) is 0 Å². The molecule has 0 atom stereocenters. The third kappa shape index (κ3) is 2.96. The predicted molar refractivity (Wildman–Crippen MR) is 74.6 cm³/mol. The first-order chi connectivity index (χ1) is 9.51. The Morgan fingerprint density at radius 3 is 2.95 bits per heavy atom. The minimum absolute atomic E-state index is 0.0491. The lowest BCUT2D eigenvalue weighted by Gasteiger charge is -2.06. The number of nitrogen functional groups attached to an aromatic ring is 1. The number of aryl methyl sites for hydroxylation is 2. The highest BCUT2D eigenvalue weighted by molar-refractivity contribution is 5.95. The minimum Gasteiger partial charge on any atom is -0.399 e. The van der Waals surface area contributed by atoms with Gasteiger partial charge < -0.3 is 11.1 Å². The van der Waals surface area contributed by atoms with Crippen molar-refractivity contribution in [3.05, 3.63) is 47.0 Å². The van der Waals surface area contributed by atoms with E-state index in [1.807, 2.05) is 20.2 Å². The highest BCUT2D eigenvalue weighted by Gasteiger charge is 2.13. The molecule has 0 aliphatic carbocycles. The first-order valence-electron chi connectivity index (χ1n) is 6.36. The van der Waals surface area contributed by atoms with Gasteiger partial charge >= 0.3 is 0 Å². The van der Waals surface area contributed by atoms with E-state index < -0.39 is 11.7 Å². The molecule has 2 aromatic rings. The predicted octanol–water partition coefficient (Wildman–Crippen LogP) is 1.63. The fourth-order valence-corrected chi connectivity index (χ4v) is 2.02. The first kappa shape index (κ1) is 14.0. The Morgan fingerprint density at radius 1 is 1.50 bits per heavy atom. The highest BCUT2D eigenvalue weighted by Crippen LogP contribution is 2.13. The summed E-state index contributed by atoms with van der Waals surface area (Å²) in [6.45, 7) is 2.30. The van der Waals surface area contributed by atoms with Crippen molar-refractivity contribution in [1.29, 1.82) is 0 Å². The summed E-state index contributed by atoms with van der Waals surface area (Å²) in [6, 6.07) is 3.93. The maximum Gasteiger partial charge on any atom is 0.254 e. The number of carbonyl (C=O) groups is 1. The molecule has 3 N–H and O–H groups in total. The number of anilines is 1. The van der Waals surface area contributed by atoms with E-state index in [4.69, 9.17) is 5.73 Å². The second-order valence-electron chi connectivity index (χ2n) is 4.55. The standard InChI is InChI=1S/C14H17FN4O/c1-3-13-9(8-19(2)18-13)7-17-14(20)11-6-10(16)4-5-12(11)15/h4-6,8H,3,7,16H2,1-2H3,(H,17,20). The lowest BCUT2D eigenvalue weighted by atomic mass is 10.1. The number of nitrogens with two attached hydrogens (primary N) is 1. The van der Waals surface area contributed by atoms with Crippen molar-refractivity contribution in [2.75, 3.05) is 5.73 Å². The van der Waals surface area contributed by atoms with Gasteiger partial charge in [-0.2, -0.15) is 5.10 Å². The number of rotatable bonds is 4. The fraction of sp³-hybridized carbons (Fsp3) is 0.286. The van der Waals surface area contributed by atoms with E-state index in [2.05, 4.69) is 10.4 Å². The molecule has 20 heavy (non-hydrogen) atoms. The number of carbonyl (C=O) groups excluding carboxylic acids is 1. The van der Waals surface area contributed by atoms with Crippen LogP contribution in [-0.4, -0.2) is 15.7 Å². The summed E-state index contributed by atoms with van der Waals surface area (Å²) < 4.78 is 15.3. The van der Waals surface area contributed by atoms with Crippen LogP contribution in [0.4, 0.5) is 10.1 Å². The summed E-state index contributed by atoms with van der Waals surface area (Å²) in [6.07, 6.45) is 2.62. The van der Waals surface area contributed by atoms with Gasteiger partial charge in [0, 0.05) is 31.0 Å². The summed E-state index contributed by atoms with van der Waals surface area (Å²) in [5, 5.41) is 6.97. The molecule has 106 valence electrons. The number of hydrogen-bond donors (Lipinski definition) is 2. The number of aromatic nitrogens is 2. The molecule has 0 unspecified atom stereocenters. The molecule has 0 saturated heterocycles. The minimum atomic E-state index is -0.585. The lowest BCUT2D eigenvalue weighted by molar-refractivity contribution is 0.0947. The van der Waals surface area contributed by atoms with Gasteiger partial charge in [0.05, 0.1) is 11.3 Å². The Bertz CT molecular complexity index is 636. The third-order valence-corrected chi connectivity index (χ3v) is 3.00. The van der Waals surface area contributed by atoms with Crippen LogP contribution in [0.1, 0.15) is 28.5 Å². The Balaban J connectivity index is 2.10. The van der Waals surface area contributed by atoms with Gasteiger partial charge in [0.1, 0.15) is 5.82 Å². The summed E-state index contributed by atoms with van der Waals surface area (Å²) in [4.78, 5) is 12.0. The number of benzene rings is 1. The SMILES string of the molecule is CCc1nn(C)cc1CNC(=O)c1cc(N)ccc1F. The molecule has 1 aromatic carbocycles. The van der Waals surface area contributed by atoms with Crippen LogP contribution < -0.4 is 11.1 Å². The maximum absolute atomic E-state index is 13.6. The average molecular weight is 276 g/mol. The van der Waals surface area contributed by atoms with E-state index in [0.717, 1.165) is 17.7 Å². The number of amides is 1. The van der Waals surface area contributed by atoms with E-state index in [1.165, 1.54) is 18.2 Å². The van der Waals surface area contributed by atoms with Crippen molar-refractivity contribution in [3.63, 3.8) is 0 Å². The number of halogens is 1. The van der Waals surface area contributed by atoms with Crippen LogP contribution in [0.15, 0.2) is 24.4 Å². The first-order valence-corrected chi connectivity index (χ1v) is 6.36. The van der Waals surface area contributed by atoms with Crippen molar-refractivity contribution in [2.24, 2.45) is 7.05 Å². The number of nitrogens with one attached hydrogen (secondary N) is 1. The van der Waals surface area contributed by atoms with Gasteiger partial charge in [-0.05, 0) is 24.6 Å². The second-order valence-corrected chi connectivity index (χ2v) is 4.55. The zero-order chi connectivity index (χ0) is 14.7. The van der Waals surface area contributed by atoms with E-state index in [-0.39, 0.29) is 5.56 Å². The molecule has 0 bridgehead atoms. The molecular weight excluding hydrogens is 259 g/mol. The monoisotopic (exact) mass is 276 g/mol. The summed E-state index contributed by atoms with van der Waals surface area (Å²) in [5.41, 5.74) is 7.71. The van der Waals surface area contributed by atoms with E-state index >= 15 is 0 Å². The van der Waals surface area contributed by atoms with Crippen molar-refractivity contribution in [1.82, 2.24) is 15.1 Å². The second kappa shape index (κ2) is 5.73. The Hall–Kier alpha value is -2.37. The van der Waals surface area contributed by atoms with E-state index in [9.17, 15) is 9.18 Å². The Labute approximate surface area is 116 Å². The molecule has 0 radical (unpaired) electrons. The highest BCUT2D eigenvalue weighted by atomic mass is 19.1. The third-order valence-electron chi connectivity index (χ3n) is 3.00. The summed E-state index contributed by atoms with van der Waals surface area (Å²) >= 11 is 0.